The fourth-order valence-electron chi connectivity index (χ4n) is 2.12. The van der Waals surface area contributed by atoms with Gasteiger partial charge in [-0.1, -0.05) is 30.7 Å². The molecule has 0 saturated heterocycles. The minimum atomic E-state index is -0.578. The van der Waals surface area contributed by atoms with Crippen molar-refractivity contribution in [3.05, 3.63) is 67.8 Å². The number of benzene rings is 2. The van der Waals surface area contributed by atoms with Gasteiger partial charge >= 0.3 is 0 Å². The number of hydrogen-bond donors (Lipinski definition) is 1. The van der Waals surface area contributed by atoms with Crippen molar-refractivity contribution in [2.24, 2.45) is 0 Å². The Morgan fingerprint density at radius 1 is 1.19 bits per heavy atom. The molecule has 1 unspecified atom stereocenters. The van der Waals surface area contributed by atoms with Gasteiger partial charge in [0.05, 0.1) is 11.1 Å². The second-order valence-corrected chi connectivity index (χ2v) is 6.30. The van der Waals surface area contributed by atoms with Gasteiger partial charge in [-0.15, -0.1) is 0 Å². The van der Waals surface area contributed by atoms with Gasteiger partial charge in [0.25, 0.3) is 0 Å². The molecule has 21 heavy (non-hydrogen) atoms. The van der Waals surface area contributed by atoms with E-state index in [0.717, 1.165) is 28.2 Å². The van der Waals surface area contributed by atoms with Crippen LogP contribution in [0.3, 0.4) is 0 Å². The Morgan fingerprint density at radius 3 is 2.57 bits per heavy atom. The fourth-order valence-corrected chi connectivity index (χ4v) is 2.65. The summed E-state index contributed by atoms with van der Waals surface area (Å²) in [5.41, 5.74) is 1.28. The lowest BCUT2D eigenvalue weighted by Gasteiger charge is -2.20. The number of hydrogen-bond acceptors (Lipinski definition) is 1. The molecule has 2 rings (SSSR count). The lowest BCUT2D eigenvalue weighted by molar-refractivity contribution is 0.533. The van der Waals surface area contributed by atoms with E-state index in [2.05, 4.69) is 27.9 Å². The van der Waals surface area contributed by atoms with Crippen LogP contribution in [0.5, 0.6) is 0 Å². The van der Waals surface area contributed by atoms with Crippen LogP contribution in [0.4, 0.5) is 8.78 Å². The van der Waals surface area contributed by atoms with Crippen molar-refractivity contribution in [1.82, 2.24) is 5.32 Å². The molecule has 0 aliphatic heterocycles. The van der Waals surface area contributed by atoms with Crippen molar-refractivity contribution in [2.45, 2.75) is 19.4 Å². The highest BCUT2D eigenvalue weighted by molar-refractivity contribution is 14.1. The molecule has 112 valence electrons. The van der Waals surface area contributed by atoms with Gasteiger partial charge in [0.15, 0.2) is 0 Å². The average Bonchev–Trinajstić information content (AvgIpc) is 2.44. The van der Waals surface area contributed by atoms with E-state index in [1.54, 1.807) is 0 Å². The van der Waals surface area contributed by atoms with E-state index >= 15 is 0 Å². The van der Waals surface area contributed by atoms with E-state index in [1.165, 1.54) is 12.1 Å². The van der Waals surface area contributed by atoms with Crippen molar-refractivity contribution in [1.29, 1.82) is 0 Å². The Morgan fingerprint density at radius 2 is 1.95 bits per heavy atom. The van der Waals surface area contributed by atoms with Gasteiger partial charge in [0.2, 0.25) is 0 Å². The third kappa shape index (κ3) is 4.14. The third-order valence-corrected chi connectivity index (χ3v) is 4.72. The molecule has 0 amide bonds. The summed E-state index contributed by atoms with van der Waals surface area (Å²) in [6.07, 6.45) is 0.914. The molecule has 1 N–H and O–H groups in total. The first kappa shape index (κ1) is 16.6. The first-order chi connectivity index (χ1) is 10.0. The van der Waals surface area contributed by atoms with Gasteiger partial charge in [-0.2, -0.15) is 0 Å². The van der Waals surface area contributed by atoms with Crippen molar-refractivity contribution >= 4 is 34.2 Å². The zero-order valence-corrected chi connectivity index (χ0v) is 14.4. The van der Waals surface area contributed by atoms with Crippen LogP contribution >= 0.6 is 34.2 Å². The minimum Gasteiger partial charge on any atom is -0.306 e. The van der Waals surface area contributed by atoms with Gasteiger partial charge in [-0.25, -0.2) is 8.78 Å². The van der Waals surface area contributed by atoms with E-state index in [4.69, 9.17) is 11.6 Å². The fraction of sp³-hybridized carbons (Fsp3) is 0.250. The zero-order valence-electron chi connectivity index (χ0n) is 11.5. The van der Waals surface area contributed by atoms with Crippen molar-refractivity contribution in [3.63, 3.8) is 0 Å². The van der Waals surface area contributed by atoms with E-state index in [1.807, 2.05) is 25.1 Å². The molecular weight excluding hydrogens is 407 g/mol. The van der Waals surface area contributed by atoms with Crippen molar-refractivity contribution in [3.8, 4) is 0 Å². The molecular formula is C16H15ClF2IN. The summed E-state index contributed by atoms with van der Waals surface area (Å²) < 4.78 is 28.1. The first-order valence-corrected chi connectivity index (χ1v) is 8.12. The van der Waals surface area contributed by atoms with Crippen LogP contribution in [0, 0.1) is 15.2 Å². The summed E-state index contributed by atoms with van der Waals surface area (Å²) >= 11 is 8.30. The summed E-state index contributed by atoms with van der Waals surface area (Å²) in [6.45, 7) is 2.76. The van der Waals surface area contributed by atoms with Gasteiger partial charge in [0.1, 0.15) is 11.6 Å². The van der Waals surface area contributed by atoms with Crippen LogP contribution < -0.4 is 5.32 Å². The summed E-state index contributed by atoms with van der Waals surface area (Å²) in [5.74, 6) is -1.13. The molecule has 0 aliphatic carbocycles. The third-order valence-electron chi connectivity index (χ3n) is 3.15. The lowest BCUT2D eigenvalue weighted by atomic mass is 9.98. The molecule has 0 fully saturated rings. The highest BCUT2D eigenvalue weighted by atomic mass is 127. The molecule has 2 aromatic carbocycles. The topological polar surface area (TPSA) is 12.0 Å². The van der Waals surface area contributed by atoms with Crippen LogP contribution in [0.15, 0.2) is 36.4 Å². The van der Waals surface area contributed by atoms with Crippen LogP contribution in [0.1, 0.15) is 30.5 Å². The maximum absolute atomic E-state index is 14.1. The van der Waals surface area contributed by atoms with Crippen LogP contribution in [0.2, 0.25) is 5.02 Å². The molecule has 5 heteroatoms. The van der Waals surface area contributed by atoms with Gasteiger partial charge in [-0.3, -0.25) is 0 Å². The molecule has 2 aromatic rings. The molecule has 0 radical (unpaired) electrons. The van der Waals surface area contributed by atoms with E-state index < -0.39 is 11.6 Å². The SMILES string of the molecule is CCCNC(c1ccc(I)c(Cl)c1)c1ccc(F)cc1F. The normalized spacial score (nSPS) is 12.4. The number of nitrogens with one attached hydrogen (secondary N) is 1. The van der Waals surface area contributed by atoms with Crippen LogP contribution in [0.25, 0.3) is 0 Å². The highest BCUT2D eigenvalue weighted by Gasteiger charge is 2.18. The highest BCUT2D eigenvalue weighted by Crippen LogP contribution is 2.29. The molecule has 1 atom stereocenters. The predicted octanol–water partition coefficient (Wildman–Crippen LogP) is 5.31. The Bertz CT molecular complexity index is 634. The molecule has 1 nitrogen and oxygen atoms in total. The Balaban J connectivity index is 2.44. The van der Waals surface area contributed by atoms with Crippen LogP contribution in [-0.4, -0.2) is 6.54 Å². The average molecular weight is 422 g/mol. The maximum Gasteiger partial charge on any atom is 0.131 e. The Kier molecular flexibility index (Phi) is 5.96. The smallest absolute Gasteiger partial charge is 0.131 e. The first-order valence-electron chi connectivity index (χ1n) is 6.66. The molecule has 0 aliphatic rings. The number of rotatable bonds is 5. The minimum absolute atomic E-state index is 0.347. The van der Waals surface area contributed by atoms with E-state index in [9.17, 15) is 8.78 Å². The molecule has 0 spiro atoms. The maximum atomic E-state index is 14.1. The van der Waals surface area contributed by atoms with Gasteiger partial charge in [-0.05, 0) is 59.3 Å². The lowest BCUT2D eigenvalue weighted by Crippen LogP contribution is -2.24. The molecule has 0 bridgehead atoms. The molecule has 0 saturated carbocycles. The molecule has 0 heterocycles. The summed E-state index contributed by atoms with van der Waals surface area (Å²) in [4.78, 5) is 0. The predicted molar refractivity (Wildman–Crippen MR) is 90.7 cm³/mol. The zero-order chi connectivity index (χ0) is 15.4. The number of halogens is 4. The second kappa shape index (κ2) is 7.51. The summed E-state index contributed by atoms with van der Waals surface area (Å²) in [7, 11) is 0. The monoisotopic (exact) mass is 421 g/mol. The molecule has 0 aromatic heterocycles. The summed E-state index contributed by atoms with van der Waals surface area (Å²) in [6, 6.07) is 8.92. The second-order valence-electron chi connectivity index (χ2n) is 4.73. The quantitative estimate of drug-likeness (QED) is 0.645. The van der Waals surface area contributed by atoms with Gasteiger partial charge < -0.3 is 5.32 Å². The standard InChI is InChI=1S/C16H15ClF2IN/c1-2-7-21-16(10-3-6-15(20)13(17)8-10)12-5-4-11(18)9-14(12)19/h3-6,8-9,16,21H,2,7H2,1H3. The Labute approximate surface area is 141 Å². The summed E-state index contributed by atoms with van der Waals surface area (Å²) in [5, 5.41) is 3.91. The van der Waals surface area contributed by atoms with Crippen LogP contribution in [-0.2, 0) is 0 Å². The largest absolute Gasteiger partial charge is 0.306 e. The van der Waals surface area contributed by atoms with Crippen molar-refractivity contribution < 1.29 is 8.78 Å². The van der Waals surface area contributed by atoms with Gasteiger partial charge in [0, 0.05) is 15.2 Å². The van der Waals surface area contributed by atoms with E-state index in [0.29, 0.717) is 10.6 Å². The van der Waals surface area contributed by atoms with E-state index in [-0.39, 0.29) is 6.04 Å². The Hall–Kier alpha value is -0.720. The van der Waals surface area contributed by atoms with Crippen molar-refractivity contribution in [2.75, 3.05) is 6.54 Å².